The quantitative estimate of drug-likeness (QED) is 0.368. The van der Waals surface area contributed by atoms with Gasteiger partial charge in [-0.1, -0.05) is 35.3 Å². The van der Waals surface area contributed by atoms with Crippen molar-refractivity contribution in [1.29, 1.82) is 0 Å². The molecule has 0 bridgehead atoms. The summed E-state index contributed by atoms with van der Waals surface area (Å²) in [4.78, 5) is 5.04. The number of halogens is 3. The van der Waals surface area contributed by atoms with Crippen molar-refractivity contribution in [3.63, 3.8) is 0 Å². The summed E-state index contributed by atoms with van der Waals surface area (Å²) in [5.41, 5.74) is 3.88. The molecular formula is C21H16Cl2FN5S. The number of aryl methyl sites for hydroxylation is 1. The molecule has 0 N–H and O–H groups in total. The maximum atomic E-state index is 13.2. The molecule has 30 heavy (non-hydrogen) atoms. The Morgan fingerprint density at radius 3 is 2.43 bits per heavy atom. The molecule has 0 saturated carbocycles. The van der Waals surface area contributed by atoms with Crippen molar-refractivity contribution in [3.05, 3.63) is 86.0 Å². The van der Waals surface area contributed by atoms with E-state index in [1.54, 1.807) is 34.8 Å². The van der Waals surface area contributed by atoms with Crippen molar-refractivity contribution >= 4 is 40.8 Å². The van der Waals surface area contributed by atoms with Gasteiger partial charge in [-0.15, -0.1) is 11.3 Å². The Morgan fingerprint density at radius 1 is 1.07 bits per heavy atom. The lowest BCUT2D eigenvalue weighted by molar-refractivity contribution is 0.627. The third-order valence-corrected chi connectivity index (χ3v) is 5.96. The number of aromatic nitrogens is 3. The number of hydrogen-bond acceptors (Lipinski definition) is 4. The molecule has 0 spiro atoms. The van der Waals surface area contributed by atoms with Crippen LogP contribution in [0.4, 0.5) is 4.39 Å². The summed E-state index contributed by atoms with van der Waals surface area (Å²) in [5.74, 6) is -0.319. The summed E-state index contributed by atoms with van der Waals surface area (Å²) < 4.78 is 16.5. The Morgan fingerprint density at radius 2 is 1.77 bits per heavy atom. The van der Waals surface area contributed by atoms with Crippen molar-refractivity contribution in [2.24, 2.45) is 10.1 Å². The molecule has 5 nitrogen and oxygen atoms in total. The molecule has 0 amide bonds. The van der Waals surface area contributed by atoms with Crippen molar-refractivity contribution in [2.75, 3.05) is 7.05 Å². The van der Waals surface area contributed by atoms with E-state index in [0.717, 1.165) is 16.1 Å². The first kappa shape index (κ1) is 20.5. The monoisotopic (exact) mass is 459 g/mol. The zero-order chi connectivity index (χ0) is 21.3. The van der Waals surface area contributed by atoms with Crippen LogP contribution in [0.5, 0.6) is 0 Å². The molecule has 4 aromatic rings. The van der Waals surface area contributed by atoms with Gasteiger partial charge in [-0.05, 0) is 43.3 Å². The Bertz CT molecular complexity index is 1280. The van der Waals surface area contributed by atoms with Crippen LogP contribution in [-0.2, 0) is 0 Å². The third kappa shape index (κ3) is 3.96. The smallest absolute Gasteiger partial charge is 0.205 e. The fourth-order valence-electron chi connectivity index (χ4n) is 2.91. The van der Waals surface area contributed by atoms with Gasteiger partial charge in [-0.2, -0.15) is 10.2 Å². The largest absolute Gasteiger partial charge is 0.261 e. The van der Waals surface area contributed by atoms with Crippen molar-refractivity contribution in [3.8, 4) is 16.9 Å². The Balaban J connectivity index is 1.76. The average molecular weight is 460 g/mol. The van der Waals surface area contributed by atoms with Gasteiger partial charge in [0.25, 0.3) is 0 Å². The predicted octanol–water partition coefficient (Wildman–Crippen LogP) is 5.57. The van der Waals surface area contributed by atoms with E-state index in [4.69, 9.17) is 23.2 Å². The fourth-order valence-corrected chi connectivity index (χ4v) is 4.16. The standard InChI is InChI=1S/C21H16Cl2FN5S/c1-13-18(20(23)28(27-13)17-9-7-16(24)8-10-17)11-26-29-19(12-30-21(29)25-2)14-3-5-15(22)6-4-14/h3-12H,1-2H3/b25-21?,26-11+. The van der Waals surface area contributed by atoms with Crippen LogP contribution in [0, 0.1) is 12.7 Å². The molecule has 2 aromatic carbocycles. The highest BCUT2D eigenvalue weighted by Crippen LogP contribution is 2.24. The summed E-state index contributed by atoms with van der Waals surface area (Å²) in [5, 5.41) is 12.1. The zero-order valence-corrected chi connectivity index (χ0v) is 18.4. The zero-order valence-electron chi connectivity index (χ0n) is 16.1. The Labute approximate surface area is 186 Å². The lowest BCUT2D eigenvalue weighted by Crippen LogP contribution is -2.11. The second-order valence-electron chi connectivity index (χ2n) is 6.37. The molecule has 2 heterocycles. The van der Waals surface area contributed by atoms with Crippen LogP contribution in [0.3, 0.4) is 0 Å². The van der Waals surface area contributed by atoms with Gasteiger partial charge in [0.1, 0.15) is 11.0 Å². The van der Waals surface area contributed by atoms with Crippen LogP contribution in [0.1, 0.15) is 11.3 Å². The van der Waals surface area contributed by atoms with E-state index in [2.05, 4.69) is 15.2 Å². The van der Waals surface area contributed by atoms with Gasteiger partial charge in [0, 0.05) is 23.0 Å². The first-order chi connectivity index (χ1) is 14.5. The van der Waals surface area contributed by atoms with Crippen LogP contribution in [-0.4, -0.2) is 27.7 Å². The summed E-state index contributed by atoms with van der Waals surface area (Å²) in [6, 6.07) is 13.5. The first-order valence-electron chi connectivity index (χ1n) is 8.92. The van der Waals surface area contributed by atoms with E-state index in [1.807, 2.05) is 36.6 Å². The Kier molecular flexibility index (Phi) is 5.85. The first-order valence-corrected chi connectivity index (χ1v) is 10.6. The van der Waals surface area contributed by atoms with Crippen LogP contribution in [0.2, 0.25) is 10.2 Å². The molecule has 0 aliphatic carbocycles. The minimum atomic E-state index is -0.319. The van der Waals surface area contributed by atoms with Crippen LogP contribution >= 0.6 is 34.5 Å². The number of thiazole rings is 1. The van der Waals surface area contributed by atoms with Crippen LogP contribution in [0.25, 0.3) is 16.9 Å². The maximum Gasteiger partial charge on any atom is 0.205 e. The molecule has 152 valence electrons. The van der Waals surface area contributed by atoms with E-state index >= 15 is 0 Å². The molecule has 0 radical (unpaired) electrons. The van der Waals surface area contributed by atoms with Gasteiger partial charge in [0.15, 0.2) is 0 Å². The van der Waals surface area contributed by atoms with Gasteiger partial charge >= 0.3 is 0 Å². The van der Waals surface area contributed by atoms with Gasteiger partial charge in [-0.25, -0.2) is 13.7 Å². The summed E-state index contributed by atoms with van der Waals surface area (Å²) in [6.45, 7) is 1.84. The van der Waals surface area contributed by atoms with Gasteiger partial charge in [0.2, 0.25) is 4.80 Å². The minimum Gasteiger partial charge on any atom is -0.261 e. The molecule has 9 heteroatoms. The molecule has 0 aliphatic heterocycles. The lowest BCUT2D eigenvalue weighted by atomic mass is 10.2. The van der Waals surface area contributed by atoms with E-state index in [1.165, 1.54) is 23.5 Å². The maximum absolute atomic E-state index is 13.2. The van der Waals surface area contributed by atoms with E-state index in [0.29, 0.717) is 27.1 Å². The topological polar surface area (TPSA) is 47.5 Å². The minimum absolute atomic E-state index is 0.319. The normalized spacial score (nSPS) is 12.2. The van der Waals surface area contributed by atoms with Crippen molar-refractivity contribution < 1.29 is 4.39 Å². The van der Waals surface area contributed by atoms with E-state index in [-0.39, 0.29) is 5.82 Å². The Hall–Kier alpha value is -2.74. The number of nitrogens with zero attached hydrogens (tertiary/aromatic N) is 5. The highest BCUT2D eigenvalue weighted by molar-refractivity contribution is 7.07. The van der Waals surface area contributed by atoms with E-state index < -0.39 is 0 Å². The summed E-state index contributed by atoms with van der Waals surface area (Å²) in [7, 11) is 1.72. The lowest BCUT2D eigenvalue weighted by Gasteiger charge is -2.04. The van der Waals surface area contributed by atoms with Crippen molar-refractivity contribution in [2.45, 2.75) is 6.92 Å². The van der Waals surface area contributed by atoms with Gasteiger partial charge in [-0.3, -0.25) is 4.99 Å². The molecule has 0 atom stereocenters. The van der Waals surface area contributed by atoms with Crippen LogP contribution in [0.15, 0.2) is 64.0 Å². The molecule has 2 aromatic heterocycles. The third-order valence-electron chi connectivity index (χ3n) is 4.44. The highest BCUT2D eigenvalue weighted by atomic mass is 35.5. The molecule has 0 aliphatic rings. The van der Waals surface area contributed by atoms with Gasteiger partial charge < -0.3 is 0 Å². The second-order valence-corrected chi connectivity index (χ2v) is 8.00. The number of hydrogen-bond donors (Lipinski definition) is 0. The fraction of sp³-hybridized carbons (Fsp3) is 0.0952. The predicted molar refractivity (Wildman–Crippen MR) is 121 cm³/mol. The van der Waals surface area contributed by atoms with E-state index in [9.17, 15) is 4.39 Å². The van der Waals surface area contributed by atoms with Crippen molar-refractivity contribution in [1.82, 2.24) is 14.5 Å². The highest BCUT2D eigenvalue weighted by Gasteiger charge is 2.14. The molecular weight excluding hydrogens is 444 g/mol. The van der Waals surface area contributed by atoms with Crippen LogP contribution < -0.4 is 4.80 Å². The molecule has 0 saturated heterocycles. The molecule has 0 unspecified atom stereocenters. The molecule has 4 rings (SSSR count). The summed E-state index contributed by atoms with van der Waals surface area (Å²) >= 11 is 14.1. The average Bonchev–Trinajstić information content (AvgIpc) is 3.28. The summed E-state index contributed by atoms with van der Waals surface area (Å²) in [6.07, 6.45) is 1.66. The number of rotatable bonds is 4. The SMILES string of the molecule is CN=c1scc(-c2ccc(Cl)cc2)n1/N=C/c1c(C)nn(-c2ccc(F)cc2)c1Cl. The number of benzene rings is 2. The second kappa shape index (κ2) is 8.55. The van der Waals surface area contributed by atoms with Gasteiger partial charge in [0.05, 0.1) is 28.9 Å². The molecule has 0 fully saturated rings.